The van der Waals surface area contributed by atoms with E-state index in [4.69, 9.17) is 23.2 Å². The summed E-state index contributed by atoms with van der Waals surface area (Å²) in [6.07, 6.45) is 4.57. The van der Waals surface area contributed by atoms with Crippen LogP contribution in [-0.2, 0) is 13.1 Å². The van der Waals surface area contributed by atoms with Crippen LogP contribution in [-0.4, -0.2) is 25.8 Å². The number of carbonyl (C=O) groups is 1. The molecular formula is C19H17BrCl2N4O. The highest BCUT2D eigenvalue weighted by atomic mass is 79.9. The normalized spacial score (nSPS) is 10.9. The van der Waals surface area contributed by atoms with Crippen molar-refractivity contribution in [1.29, 1.82) is 0 Å². The summed E-state index contributed by atoms with van der Waals surface area (Å²) in [6, 6.07) is 7.36. The van der Waals surface area contributed by atoms with Crippen molar-refractivity contribution < 1.29 is 4.79 Å². The van der Waals surface area contributed by atoms with Gasteiger partial charge in [0.15, 0.2) is 6.29 Å². The lowest BCUT2D eigenvalue weighted by Gasteiger charge is -1.94. The molecule has 0 aliphatic rings. The van der Waals surface area contributed by atoms with Gasteiger partial charge in [-0.2, -0.15) is 10.2 Å². The fourth-order valence-electron chi connectivity index (χ4n) is 2.62. The van der Waals surface area contributed by atoms with E-state index in [-0.39, 0.29) is 0 Å². The third-order valence-corrected chi connectivity index (χ3v) is 5.82. The van der Waals surface area contributed by atoms with Crippen LogP contribution in [0.5, 0.6) is 0 Å². The molecule has 0 aliphatic carbocycles. The Morgan fingerprint density at radius 3 is 1.96 bits per heavy atom. The van der Waals surface area contributed by atoms with Gasteiger partial charge < -0.3 is 0 Å². The second-order valence-electron chi connectivity index (χ2n) is 5.78. The van der Waals surface area contributed by atoms with Crippen LogP contribution in [0, 0.1) is 0 Å². The second-order valence-corrected chi connectivity index (χ2v) is 7.39. The van der Waals surface area contributed by atoms with Crippen molar-refractivity contribution in [2.45, 2.75) is 26.9 Å². The average molecular weight is 468 g/mol. The van der Waals surface area contributed by atoms with Gasteiger partial charge in [-0.05, 0) is 54.0 Å². The van der Waals surface area contributed by atoms with Gasteiger partial charge >= 0.3 is 0 Å². The van der Waals surface area contributed by atoms with Crippen LogP contribution in [0.3, 0.4) is 0 Å². The van der Waals surface area contributed by atoms with Crippen LogP contribution in [0.25, 0.3) is 21.8 Å². The lowest BCUT2D eigenvalue weighted by atomic mass is 10.2. The van der Waals surface area contributed by atoms with E-state index in [2.05, 4.69) is 33.1 Å². The topological polar surface area (TPSA) is 52.7 Å². The first-order chi connectivity index (χ1) is 13.0. The molecule has 0 radical (unpaired) electrons. The van der Waals surface area contributed by atoms with E-state index in [1.807, 2.05) is 36.1 Å². The Kier molecular flexibility index (Phi) is 6.19. The summed E-state index contributed by atoms with van der Waals surface area (Å²) in [5.41, 5.74) is 2.27. The third kappa shape index (κ3) is 4.03. The van der Waals surface area contributed by atoms with Gasteiger partial charge in [0.05, 0.1) is 21.1 Å². The number of hydrogen-bond donors (Lipinski definition) is 0. The number of benzene rings is 2. The molecule has 4 rings (SSSR count). The van der Waals surface area contributed by atoms with Gasteiger partial charge in [-0.15, -0.1) is 0 Å². The molecular weight excluding hydrogens is 451 g/mol. The van der Waals surface area contributed by atoms with E-state index in [9.17, 15) is 4.79 Å². The fourth-order valence-corrected chi connectivity index (χ4v) is 3.43. The van der Waals surface area contributed by atoms with Crippen molar-refractivity contribution in [2.24, 2.45) is 0 Å². The van der Waals surface area contributed by atoms with Gasteiger partial charge in [-0.25, -0.2) is 0 Å². The van der Waals surface area contributed by atoms with Crippen LogP contribution in [0.2, 0.25) is 10.0 Å². The van der Waals surface area contributed by atoms with E-state index in [1.165, 1.54) is 0 Å². The molecule has 0 bridgehead atoms. The summed E-state index contributed by atoms with van der Waals surface area (Å²) in [5, 5.41) is 11.7. The van der Waals surface area contributed by atoms with Crippen molar-refractivity contribution in [3.63, 3.8) is 0 Å². The zero-order valence-corrected chi connectivity index (χ0v) is 17.9. The Labute approximate surface area is 175 Å². The molecule has 0 saturated carbocycles. The second kappa shape index (κ2) is 8.42. The highest BCUT2D eigenvalue weighted by Gasteiger charge is 2.08. The van der Waals surface area contributed by atoms with Crippen LogP contribution in [0.1, 0.15) is 24.2 Å². The van der Waals surface area contributed by atoms with Crippen molar-refractivity contribution in [1.82, 2.24) is 19.6 Å². The van der Waals surface area contributed by atoms with Crippen molar-refractivity contribution in [3.05, 3.63) is 56.7 Å². The van der Waals surface area contributed by atoms with Gasteiger partial charge in [0, 0.05) is 46.3 Å². The number of aryl methyl sites for hydroxylation is 2. The molecule has 2 aromatic carbocycles. The molecule has 5 nitrogen and oxygen atoms in total. The van der Waals surface area contributed by atoms with Crippen molar-refractivity contribution in [3.8, 4) is 0 Å². The van der Waals surface area contributed by atoms with Gasteiger partial charge in [0.1, 0.15) is 0 Å². The van der Waals surface area contributed by atoms with Gasteiger partial charge in [-0.3, -0.25) is 14.2 Å². The van der Waals surface area contributed by atoms with E-state index in [1.54, 1.807) is 16.8 Å². The minimum Gasteiger partial charge on any atom is -0.298 e. The molecule has 0 unspecified atom stereocenters. The molecule has 2 aromatic heterocycles. The standard InChI is InChI=1S/C10H9ClN2O.C9H8BrClN2/c1-2-13-5-8-9(12-13)4-3-7(6-14)10(8)11;1-2-13-5-6-8(12-13)4-3-7(10)9(6)11/h3-6H,2H2,1H3;3-5H,2H2,1H3. The first-order valence-electron chi connectivity index (χ1n) is 8.40. The number of halogens is 3. The molecule has 8 heteroatoms. The summed E-state index contributed by atoms with van der Waals surface area (Å²) in [6.45, 7) is 5.71. The molecule has 0 atom stereocenters. The van der Waals surface area contributed by atoms with Crippen LogP contribution in [0.15, 0.2) is 41.1 Å². The SMILES string of the molecule is CCn1cc2c(Cl)c(Br)ccc2n1.CCn1cc2c(Cl)c(C=O)ccc2n1. The predicted molar refractivity (Wildman–Crippen MR) is 114 cm³/mol. The minimum atomic E-state index is 0.484. The number of aldehydes is 1. The van der Waals surface area contributed by atoms with Crippen LogP contribution < -0.4 is 0 Å². The largest absolute Gasteiger partial charge is 0.298 e. The summed E-state index contributed by atoms with van der Waals surface area (Å²) < 4.78 is 4.59. The lowest BCUT2D eigenvalue weighted by Crippen LogP contribution is -1.92. The number of carbonyl (C=O) groups excluding carboxylic acids is 1. The Balaban J connectivity index is 0.000000156. The zero-order valence-electron chi connectivity index (χ0n) is 14.8. The Bertz CT molecular complexity index is 1120. The number of hydrogen-bond acceptors (Lipinski definition) is 3. The fraction of sp³-hybridized carbons (Fsp3) is 0.211. The molecule has 0 amide bonds. The Hall–Kier alpha value is -1.89. The van der Waals surface area contributed by atoms with Gasteiger partial charge in [0.25, 0.3) is 0 Å². The van der Waals surface area contributed by atoms with Crippen molar-refractivity contribution >= 4 is 67.2 Å². The Morgan fingerprint density at radius 2 is 1.44 bits per heavy atom. The first kappa shape index (κ1) is 19.9. The van der Waals surface area contributed by atoms with E-state index in [0.29, 0.717) is 10.6 Å². The maximum atomic E-state index is 10.6. The smallest absolute Gasteiger partial charge is 0.151 e. The minimum absolute atomic E-state index is 0.484. The summed E-state index contributed by atoms with van der Waals surface area (Å²) >= 11 is 15.5. The quantitative estimate of drug-likeness (QED) is 0.347. The maximum Gasteiger partial charge on any atom is 0.151 e. The van der Waals surface area contributed by atoms with Crippen LogP contribution in [0.4, 0.5) is 0 Å². The van der Waals surface area contributed by atoms with E-state index >= 15 is 0 Å². The van der Waals surface area contributed by atoms with E-state index < -0.39 is 0 Å². The predicted octanol–water partition coefficient (Wildman–Crippen LogP) is 5.99. The summed E-state index contributed by atoms with van der Waals surface area (Å²) in [4.78, 5) is 10.6. The summed E-state index contributed by atoms with van der Waals surface area (Å²) in [7, 11) is 0. The highest BCUT2D eigenvalue weighted by molar-refractivity contribution is 9.10. The number of nitrogens with zero attached hydrogens (tertiary/aromatic N) is 4. The third-order valence-electron chi connectivity index (χ3n) is 4.10. The average Bonchev–Trinajstić information content (AvgIpc) is 3.30. The van der Waals surface area contributed by atoms with Crippen molar-refractivity contribution in [2.75, 3.05) is 0 Å². The number of rotatable bonds is 3. The molecule has 140 valence electrons. The van der Waals surface area contributed by atoms with Crippen LogP contribution >= 0.6 is 39.1 Å². The number of aromatic nitrogens is 4. The molecule has 0 saturated heterocycles. The van der Waals surface area contributed by atoms with Gasteiger partial charge in [-0.1, -0.05) is 23.2 Å². The molecule has 0 fully saturated rings. The molecule has 2 heterocycles. The lowest BCUT2D eigenvalue weighted by molar-refractivity contribution is 0.112. The molecule has 27 heavy (non-hydrogen) atoms. The number of fused-ring (bicyclic) bond motifs is 2. The zero-order chi connectivity index (χ0) is 19.6. The molecule has 4 aromatic rings. The molecule has 0 N–H and O–H groups in total. The highest BCUT2D eigenvalue weighted by Crippen LogP contribution is 2.30. The summed E-state index contributed by atoms with van der Waals surface area (Å²) in [5.74, 6) is 0. The molecule has 0 spiro atoms. The first-order valence-corrected chi connectivity index (χ1v) is 9.95. The molecule has 0 aliphatic heterocycles. The van der Waals surface area contributed by atoms with E-state index in [0.717, 1.165) is 50.7 Å². The Morgan fingerprint density at radius 1 is 0.926 bits per heavy atom. The monoisotopic (exact) mass is 466 g/mol. The van der Waals surface area contributed by atoms with Gasteiger partial charge in [0.2, 0.25) is 0 Å². The maximum absolute atomic E-state index is 10.6.